The van der Waals surface area contributed by atoms with E-state index in [0.29, 0.717) is 18.9 Å². The van der Waals surface area contributed by atoms with Gasteiger partial charge in [0.2, 0.25) is 0 Å². The SMILES string of the molecule is C[C@@H](O)CCN(C)C(=O)N[C@H](c1cc2ccccc2o1)C1CC1. The molecule has 2 aromatic rings. The number of aliphatic hydroxyl groups excluding tert-OH is 1. The van der Waals surface area contributed by atoms with Gasteiger partial charge in [-0.15, -0.1) is 0 Å². The Hall–Kier alpha value is -2.01. The lowest BCUT2D eigenvalue weighted by atomic mass is 10.1. The lowest BCUT2D eigenvalue weighted by Gasteiger charge is -2.23. The van der Waals surface area contributed by atoms with Crippen molar-refractivity contribution in [2.45, 2.75) is 38.3 Å². The molecule has 0 aliphatic heterocycles. The van der Waals surface area contributed by atoms with Crippen molar-refractivity contribution in [3.8, 4) is 0 Å². The van der Waals surface area contributed by atoms with Crippen LogP contribution in [0.3, 0.4) is 0 Å². The zero-order valence-corrected chi connectivity index (χ0v) is 13.7. The van der Waals surface area contributed by atoms with E-state index in [1.807, 2.05) is 30.3 Å². The molecular formula is C18H24N2O3. The third-order valence-electron chi connectivity index (χ3n) is 4.35. The van der Waals surface area contributed by atoms with Crippen LogP contribution in [0.4, 0.5) is 4.79 Å². The van der Waals surface area contributed by atoms with Crippen LogP contribution in [-0.4, -0.2) is 35.7 Å². The Kier molecular flexibility index (Phi) is 4.57. The molecule has 0 spiro atoms. The summed E-state index contributed by atoms with van der Waals surface area (Å²) in [6, 6.07) is 9.71. The van der Waals surface area contributed by atoms with Gasteiger partial charge in [0.05, 0.1) is 12.1 Å². The predicted octanol–water partition coefficient (Wildman–Crippen LogP) is 3.30. The number of para-hydroxylation sites is 1. The van der Waals surface area contributed by atoms with E-state index < -0.39 is 6.10 Å². The van der Waals surface area contributed by atoms with E-state index in [1.54, 1.807) is 18.9 Å². The molecule has 2 N–H and O–H groups in total. The Bertz CT molecular complexity index is 643. The van der Waals surface area contributed by atoms with Gasteiger partial charge in [0.15, 0.2) is 0 Å². The van der Waals surface area contributed by atoms with Crippen molar-refractivity contribution in [1.29, 1.82) is 0 Å². The molecule has 124 valence electrons. The third kappa shape index (κ3) is 3.85. The van der Waals surface area contributed by atoms with E-state index >= 15 is 0 Å². The van der Waals surface area contributed by atoms with Gasteiger partial charge in [-0.3, -0.25) is 0 Å². The number of carbonyl (C=O) groups is 1. The molecule has 0 radical (unpaired) electrons. The number of nitrogens with one attached hydrogen (secondary N) is 1. The minimum absolute atomic E-state index is 0.0797. The van der Waals surface area contributed by atoms with Crippen LogP contribution in [-0.2, 0) is 0 Å². The standard InChI is InChI=1S/C18H24N2O3/c1-12(21)9-10-20(2)18(22)19-17(13-7-8-13)16-11-14-5-3-4-6-15(14)23-16/h3-6,11-13,17,21H,7-10H2,1-2H3,(H,19,22)/t12-,17+/m1/s1. The van der Waals surface area contributed by atoms with Crippen molar-refractivity contribution in [1.82, 2.24) is 10.2 Å². The van der Waals surface area contributed by atoms with Gasteiger partial charge in [-0.25, -0.2) is 4.79 Å². The van der Waals surface area contributed by atoms with Crippen LogP contribution in [0.25, 0.3) is 11.0 Å². The van der Waals surface area contributed by atoms with E-state index in [-0.39, 0.29) is 12.1 Å². The quantitative estimate of drug-likeness (QED) is 0.859. The predicted molar refractivity (Wildman–Crippen MR) is 89.1 cm³/mol. The number of rotatable bonds is 6. The van der Waals surface area contributed by atoms with Crippen LogP contribution >= 0.6 is 0 Å². The first-order valence-electron chi connectivity index (χ1n) is 8.23. The van der Waals surface area contributed by atoms with Crippen molar-refractivity contribution < 1.29 is 14.3 Å². The molecule has 1 heterocycles. The number of amides is 2. The van der Waals surface area contributed by atoms with E-state index in [4.69, 9.17) is 4.42 Å². The maximum atomic E-state index is 12.4. The monoisotopic (exact) mass is 316 g/mol. The van der Waals surface area contributed by atoms with Gasteiger partial charge in [0.25, 0.3) is 0 Å². The Balaban J connectivity index is 1.70. The normalized spacial score (nSPS) is 17.0. The number of hydrogen-bond acceptors (Lipinski definition) is 3. The van der Waals surface area contributed by atoms with Crippen LogP contribution in [0, 0.1) is 5.92 Å². The smallest absolute Gasteiger partial charge is 0.317 e. The van der Waals surface area contributed by atoms with Gasteiger partial charge in [-0.2, -0.15) is 0 Å². The fourth-order valence-electron chi connectivity index (χ4n) is 2.73. The first-order valence-corrected chi connectivity index (χ1v) is 8.23. The fraction of sp³-hybridized carbons (Fsp3) is 0.500. The molecule has 1 aliphatic carbocycles. The lowest BCUT2D eigenvalue weighted by Crippen LogP contribution is -2.41. The molecule has 5 nitrogen and oxygen atoms in total. The van der Waals surface area contributed by atoms with Crippen molar-refractivity contribution in [2.24, 2.45) is 5.92 Å². The molecule has 3 rings (SSSR count). The summed E-state index contributed by atoms with van der Waals surface area (Å²) in [5, 5.41) is 13.5. The summed E-state index contributed by atoms with van der Waals surface area (Å²) in [5.41, 5.74) is 0.852. The second kappa shape index (κ2) is 6.62. The van der Waals surface area contributed by atoms with Crippen LogP contribution in [0.5, 0.6) is 0 Å². The maximum absolute atomic E-state index is 12.4. The molecule has 1 aromatic heterocycles. The number of urea groups is 1. The van der Waals surface area contributed by atoms with Crippen molar-refractivity contribution >= 4 is 17.0 Å². The zero-order chi connectivity index (χ0) is 16.4. The van der Waals surface area contributed by atoms with E-state index in [2.05, 4.69) is 5.32 Å². The van der Waals surface area contributed by atoms with Gasteiger partial charge >= 0.3 is 6.03 Å². The molecule has 5 heteroatoms. The average molecular weight is 316 g/mol. The number of nitrogens with zero attached hydrogens (tertiary/aromatic N) is 1. The lowest BCUT2D eigenvalue weighted by molar-refractivity contribution is 0.161. The number of hydrogen-bond donors (Lipinski definition) is 2. The van der Waals surface area contributed by atoms with Gasteiger partial charge in [-0.1, -0.05) is 18.2 Å². The van der Waals surface area contributed by atoms with Gasteiger partial charge in [0.1, 0.15) is 11.3 Å². The number of fused-ring (bicyclic) bond motifs is 1. The number of furan rings is 1. The van der Waals surface area contributed by atoms with E-state index in [1.165, 1.54) is 0 Å². The Labute approximate surface area is 136 Å². The summed E-state index contributed by atoms with van der Waals surface area (Å²) in [6.07, 6.45) is 2.39. The fourth-order valence-corrected chi connectivity index (χ4v) is 2.73. The summed E-state index contributed by atoms with van der Waals surface area (Å²) in [6.45, 7) is 2.26. The maximum Gasteiger partial charge on any atom is 0.317 e. The Morgan fingerprint density at radius 1 is 1.43 bits per heavy atom. The molecule has 0 saturated heterocycles. The minimum atomic E-state index is -0.403. The molecule has 1 aromatic carbocycles. The van der Waals surface area contributed by atoms with Crippen LogP contribution in [0.15, 0.2) is 34.7 Å². The van der Waals surface area contributed by atoms with Gasteiger partial charge < -0.3 is 19.7 Å². The molecule has 23 heavy (non-hydrogen) atoms. The second-order valence-corrected chi connectivity index (χ2v) is 6.51. The van der Waals surface area contributed by atoms with Crippen molar-refractivity contribution in [3.05, 3.63) is 36.1 Å². The number of benzene rings is 1. The molecule has 1 fully saturated rings. The molecule has 2 atom stereocenters. The molecule has 1 aliphatic rings. The average Bonchev–Trinajstić information content (AvgIpc) is 3.27. The van der Waals surface area contributed by atoms with Crippen molar-refractivity contribution in [2.75, 3.05) is 13.6 Å². The van der Waals surface area contributed by atoms with Crippen LogP contribution in [0.2, 0.25) is 0 Å². The van der Waals surface area contributed by atoms with Crippen LogP contribution < -0.4 is 5.32 Å². The van der Waals surface area contributed by atoms with E-state index in [9.17, 15) is 9.90 Å². The Morgan fingerprint density at radius 2 is 2.17 bits per heavy atom. The first kappa shape index (κ1) is 15.9. The highest BCUT2D eigenvalue weighted by molar-refractivity contribution is 5.78. The van der Waals surface area contributed by atoms with Crippen LogP contribution in [0.1, 0.15) is 38.0 Å². The largest absolute Gasteiger partial charge is 0.459 e. The number of aliphatic hydroxyl groups is 1. The zero-order valence-electron chi connectivity index (χ0n) is 13.7. The highest BCUT2D eigenvalue weighted by Gasteiger charge is 2.36. The van der Waals surface area contributed by atoms with Crippen molar-refractivity contribution in [3.63, 3.8) is 0 Å². The first-order chi connectivity index (χ1) is 11.0. The molecule has 2 amide bonds. The summed E-state index contributed by atoms with van der Waals surface area (Å²) in [7, 11) is 1.75. The minimum Gasteiger partial charge on any atom is -0.459 e. The number of carbonyl (C=O) groups excluding carboxylic acids is 1. The molecule has 0 bridgehead atoms. The van der Waals surface area contributed by atoms with Gasteiger partial charge in [0, 0.05) is 19.0 Å². The highest BCUT2D eigenvalue weighted by atomic mass is 16.3. The van der Waals surface area contributed by atoms with Gasteiger partial charge in [-0.05, 0) is 44.2 Å². The third-order valence-corrected chi connectivity index (χ3v) is 4.35. The summed E-state index contributed by atoms with van der Waals surface area (Å²) in [4.78, 5) is 14.0. The summed E-state index contributed by atoms with van der Waals surface area (Å²) < 4.78 is 5.94. The topological polar surface area (TPSA) is 65.7 Å². The summed E-state index contributed by atoms with van der Waals surface area (Å²) in [5.74, 6) is 1.27. The second-order valence-electron chi connectivity index (χ2n) is 6.51. The molecule has 0 unspecified atom stereocenters. The Morgan fingerprint density at radius 3 is 2.83 bits per heavy atom. The highest BCUT2D eigenvalue weighted by Crippen LogP contribution is 2.42. The molecular weight excluding hydrogens is 292 g/mol. The summed E-state index contributed by atoms with van der Waals surface area (Å²) >= 11 is 0. The molecule has 1 saturated carbocycles. The van der Waals surface area contributed by atoms with E-state index in [0.717, 1.165) is 29.6 Å².